The minimum absolute atomic E-state index is 0.120. The summed E-state index contributed by atoms with van der Waals surface area (Å²) in [4.78, 5) is 23.9. The maximum Gasteiger partial charge on any atom is 0.416 e. The summed E-state index contributed by atoms with van der Waals surface area (Å²) < 4.78 is 49.3. The molecule has 2 rings (SSSR count). The lowest BCUT2D eigenvalue weighted by Gasteiger charge is -2.12. The van der Waals surface area contributed by atoms with Crippen LogP contribution < -0.4 is 15.2 Å². The van der Waals surface area contributed by atoms with Gasteiger partial charge in [0, 0.05) is 37.2 Å². The number of ether oxygens (including phenoxy) is 2. The highest BCUT2D eigenvalue weighted by Gasteiger charge is 2.30. The lowest BCUT2D eigenvalue weighted by molar-refractivity contribution is -0.137. The Morgan fingerprint density at radius 2 is 1.59 bits per heavy atom. The van der Waals surface area contributed by atoms with Gasteiger partial charge in [0.1, 0.15) is 18.1 Å². The fraction of sp³-hybridized carbons (Fsp3) is 0.333. The average molecular weight is 519 g/mol. The normalized spacial score (nSPS) is 13.0. The van der Waals surface area contributed by atoms with Gasteiger partial charge in [0.2, 0.25) is 0 Å². The second-order valence-electron chi connectivity index (χ2n) is 7.42. The summed E-state index contributed by atoms with van der Waals surface area (Å²) in [6, 6.07) is 11.4. The van der Waals surface area contributed by atoms with Gasteiger partial charge in [-0.05, 0) is 55.8 Å². The summed E-state index contributed by atoms with van der Waals surface area (Å²) in [6.07, 6.45) is -2.78. The highest BCUT2D eigenvalue weighted by molar-refractivity contribution is 6.20. The molecule has 0 aromatic heterocycles. The van der Waals surface area contributed by atoms with E-state index in [9.17, 15) is 18.0 Å². The number of allylic oxidation sites excluding steroid dienone is 1. The zero-order valence-corrected chi connectivity index (χ0v) is 21.9. The van der Waals surface area contributed by atoms with Crippen LogP contribution in [0.25, 0.3) is 0 Å². The van der Waals surface area contributed by atoms with Crippen molar-refractivity contribution in [2.45, 2.75) is 33.9 Å². The zero-order valence-electron chi connectivity index (χ0n) is 21.9. The molecule has 0 fully saturated rings. The molecule has 0 aliphatic heterocycles. The molecular formula is C27H33F3N4O3. The molecule has 0 spiro atoms. The Hall–Kier alpha value is -3.95. The van der Waals surface area contributed by atoms with Crippen LogP contribution in [0.1, 0.15) is 38.8 Å². The summed E-state index contributed by atoms with van der Waals surface area (Å²) in [5.41, 5.74) is 7.12. The van der Waals surface area contributed by atoms with E-state index in [4.69, 9.17) is 15.2 Å². The fourth-order valence-electron chi connectivity index (χ4n) is 2.99. The molecule has 2 aromatic rings. The smallest absolute Gasteiger partial charge is 0.416 e. The van der Waals surface area contributed by atoms with Crippen LogP contribution in [0.15, 0.2) is 74.7 Å². The largest absolute Gasteiger partial charge is 0.489 e. The number of carbonyl (C=O) groups is 1. The van der Waals surface area contributed by atoms with Crippen molar-refractivity contribution in [1.29, 1.82) is 0 Å². The number of benzene rings is 2. The van der Waals surface area contributed by atoms with Crippen molar-refractivity contribution in [3.05, 3.63) is 70.8 Å². The van der Waals surface area contributed by atoms with Crippen molar-refractivity contribution in [2.24, 2.45) is 20.7 Å². The van der Waals surface area contributed by atoms with E-state index in [0.29, 0.717) is 34.2 Å². The number of amides is 1. The highest BCUT2D eigenvalue weighted by Crippen LogP contribution is 2.30. The summed E-state index contributed by atoms with van der Waals surface area (Å²) in [7, 11) is 3.21. The van der Waals surface area contributed by atoms with E-state index >= 15 is 0 Å². The van der Waals surface area contributed by atoms with Crippen molar-refractivity contribution in [2.75, 3.05) is 27.3 Å². The molecule has 7 nitrogen and oxygen atoms in total. The first kappa shape index (κ1) is 31.1. The van der Waals surface area contributed by atoms with E-state index in [0.717, 1.165) is 17.7 Å². The van der Waals surface area contributed by atoms with Gasteiger partial charge in [-0.2, -0.15) is 13.2 Å². The van der Waals surface area contributed by atoms with Crippen LogP contribution in [0.5, 0.6) is 11.5 Å². The average Bonchev–Trinajstić information content (AvgIpc) is 2.88. The number of amidine groups is 1. The molecule has 0 saturated carbocycles. The Bertz CT molecular complexity index is 1150. The lowest BCUT2D eigenvalue weighted by Crippen LogP contribution is -2.20. The Kier molecular flexibility index (Phi) is 12.8. The maximum absolute atomic E-state index is 12.8. The fourth-order valence-corrected chi connectivity index (χ4v) is 2.99. The number of aliphatic imine (C=N–C) groups is 3. The van der Waals surface area contributed by atoms with Crippen LogP contribution in [0, 0.1) is 0 Å². The van der Waals surface area contributed by atoms with Crippen LogP contribution in [0.3, 0.4) is 0 Å². The van der Waals surface area contributed by atoms with Crippen LogP contribution in [0.2, 0.25) is 0 Å². The number of halogens is 3. The van der Waals surface area contributed by atoms with Crippen molar-refractivity contribution in [3.8, 4) is 11.5 Å². The molecule has 0 heterocycles. The summed E-state index contributed by atoms with van der Waals surface area (Å²) in [5, 5.41) is 0. The molecule has 2 N–H and O–H groups in total. The third-order valence-electron chi connectivity index (χ3n) is 4.70. The molecule has 10 heteroatoms. The Labute approximate surface area is 215 Å². The molecule has 0 unspecified atom stereocenters. The molecule has 200 valence electrons. The van der Waals surface area contributed by atoms with Crippen molar-refractivity contribution < 1.29 is 27.4 Å². The molecule has 2 aromatic carbocycles. The van der Waals surface area contributed by atoms with Gasteiger partial charge in [-0.1, -0.05) is 26.0 Å². The van der Waals surface area contributed by atoms with Gasteiger partial charge in [-0.3, -0.25) is 14.8 Å². The molecule has 0 atom stereocenters. The molecule has 0 radical (unpaired) electrons. The van der Waals surface area contributed by atoms with E-state index in [1.165, 1.54) is 12.1 Å². The monoisotopic (exact) mass is 518 g/mol. The molecule has 1 amide bonds. The summed E-state index contributed by atoms with van der Waals surface area (Å²) >= 11 is 0. The van der Waals surface area contributed by atoms with Gasteiger partial charge in [0.05, 0.1) is 5.56 Å². The second kappa shape index (κ2) is 15.2. The van der Waals surface area contributed by atoms with E-state index < -0.39 is 17.6 Å². The van der Waals surface area contributed by atoms with Crippen molar-refractivity contribution in [1.82, 2.24) is 0 Å². The van der Waals surface area contributed by atoms with Gasteiger partial charge in [-0.25, -0.2) is 4.99 Å². The number of primary amides is 1. The Morgan fingerprint density at radius 1 is 0.973 bits per heavy atom. The van der Waals surface area contributed by atoms with Gasteiger partial charge >= 0.3 is 6.18 Å². The topological polar surface area (TPSA) is 98.6 Å². The van der Waals surface area contributed by atoms with Crippen molar-refractivity contribution in [3.63, 3.8) is 0 Å². The minimum Gasteiger partial charge on any atom is -0.489 e. The first-order valence-electron chi connectivity index (χ1n) is 11.5. The number of hydrogen-bond donors (Lipinski definition) is 1. The number of nitrogens with two attached hydrogens (primary N) is 1. The molecule has 0 aliphatic rings. The van der Waals surface area contributed by atoms with Gasteiger partial charge in [0.25, 0.3) is 5.91 Å². The molecule has 37 heavy (non-hydrogen) atoms. The Morgan fingerprint density at radius 3 is 2.14 bits per heavy atom. The van der Waals surface area contributed by atoms with E-state index in [2.05, 4.69) is 15.0 Å². The minimum atomic E-state index is -4.40. The standard InChI is InChI=1S/C25H27F3N4O3.C2H6/c1-16(14-34-20-10-8-19(9-11-20)25(26,27)28)22(13-30-3)17(2)32-24(31-4)18-6-5-7-21(12-18)35-15-23(29)33;1-2/h5-13H,14-15H2,1-4H3,(H2,29,33);1-2H3/b22-16-,30-13?,31-24?,32-17?;. The van der Waals surface area contributed by atoms with E-state index in [1.807, 2.05) is 20.8 Å². The van der Waals surface area contributed by atoms with Crippen LogP contribution >= 0.6 is 0 Å². The van der Waals surface area contributed by atoms with Crippen LogP contribution in [-0.4, -0.2) is 51.0 Å². The highest BCUT2D eigenvalue weighted by atomic mass is 19.4. The predicted molar refractivity (Wildman–Crippen MR) is 142 cm³/mol. The summed E-state index contributed by atoms with van der Waals surface area (Å²) in [6.45, 7) is 7.48. The quantitative estimate of drug-likeness (QED) is 0.349. The molecular weight excluding hydrogens is 485 g/mol. The third kappa shape index (κ3) is 10.3. The van der Waals surface area contributed by atoms with Crippen molar-refractivity contribution >= 4 is 23.7 Å². The van der Waals surface area contributed by atoms with Crippen LogP contribution in [0.4, 0.5) is 13.2 Å². The second-order valence-corrected chi connectivity index (χ2v) is 7.42. The zero-order chi connectivity index (χ0) is 28.0. The van der Waals surface area contributed by atoms with Gasteiger partial charge < -0.3 is 15.2 Å². The predicted octanol–water partition coefficient (Wildman–Crippen LogP) is 5.53. The number of alkyl halides is 3. The molecule has 0 bridgehead atoms. The number of hydrogen-bond acceptors (Lipinski definition) is 5. The Balaban J connectivity index is 0.00000334. The molecule has 0 saturated heterocycles. The van der Waals surface area contributed by atoms with Gasteiger partial charge in [-0.15, -0.1) is 0 Å². The van der Waals surface area contributed by atoms with Crippen LogP contribution in [-0.2, 0) is 11.0 Å². The maximum atomic E-state index is 12.8. The lowest BCUT2D eigenvalue weighted by atomic mass is 10.1. The summed E-state index contributed by atoms with van der Waals surface area (Å²) in [5.74, 6) is 0.590. The number of carbonyl (C=O) groups excluding carboxylic acids is 1. The van der Waals surface area contributed by atoms with Gasteiger partial charge in [0.15, 0.2) is 12.4 Å². The first-order chi connectivity index (χ1) is 17.5. The third-order valence-corrected chi connectivity index (χ3v) is 4.70. The number of rotatable bonds is 9. The van der Waals surface area contributed by atoms with E-state index in [-0.39, 0.29) is 13.2 Å². The molecule has 0 aliphatic carbocycles. The van der Waals surface area contributed by atoms with E-state index in [1.54, 1.807) is 51.5 Å². The SMILES string of the molecule is CC.CN=C/C(C(C)=NC(=NC)c1cccc(OCC(N)=O)c1)=C(\C)COc1ccc(C(F)(F)F)cc1. The first-order valence-corrected chi connectivity index (χ1v) is 11.5. The number of nitrogens with zero attached hydrogens (tertiary/aromatic N) is 3.